The first-order valence-corrected chi connectivity index (χ1v) is 7.33. The molecule has 1 saturated carbocycles. The van der Waals surface area contributed by atoms with E-state index in [0.29, 0.717) is 0 Å². The number of allylic oxidation sites excluding steroid dienone is 1. The van der Waals surface area contributed by atoms with Crippen LogP contribution in [-0.2, 0) is 9.53 Å². The molecule has 0 spiro atoms. The Labute approximate surface area is 129 Å². The van der Waals surface area contributed by atoms with Crippen molar-refractivity contribution < 1.29 is 9.53 Å². The van der Waals surface area contributed by atoms with Gasteiger partial charge in [-0.3, -0.25) is 9.48 Å². The average molecular weight is 297 g/mol. The normalized spacial score (nSPS) is 20.3. The second-order valence-electron chi connectivity index (χ2n) is 5.74. The van der Waals surface area contributed by atoms with Gasteiger partial charge in [0.15, 0.2) is 0 Å². The van der Waals surface area contributed by atoms with Crippen molar-refractivity contribution >= 4 is 11.5 Å². The lowest BCUT2D eigenvalue weighted by Crippen LogP contribution is -2.33. The third-order valence-corrected chi connectivity index (χ3v) is 4.11. The molecular formula is C17H19N3O2. The zero-order valence-corrected chi connectivity index (χ0v) is 12.8. The van der Waals surface area contributed by atoms with E-state index in [0.717, 1.165) is 35.4 Å². The first-order valence-electron chi connectivity index (χ1n) is 7.33. The summed E-state index contributed by atoms with van der Waals surface area (Å²) in [5, 5.41) is 4.41. The van der Waals surface area contributed by atoms with Gasteiger partial charge in [-0.1, -0.05) is 12.6 Å². The van der Waals surface area contributed by atoms with Crippen molar-refractivity contribution in [3.05, 3.63) is 42.9 Å². The molecule has 114 valence electrons. The van der Waals surface area contributed by atoms with Crippen LogP contribution in [0.25, 0.3) is 16.8 Å². The van der Waals surface area contributed by atoms with Crippen molar-refractivity contribution in [2.75, 3.05) is 7.11 Å². The van der Waals surface area contributed by atoms with Crippen LogP contribution in [0.2, 0.25) is 0 Å². The van der Waals surface area contributed by atoms with Crippen LogP contribution in [-0.4, -0.2) is 27.8 Å². The number of ether oxygens (including phenoxy) is 1. The highest BCUT2D eigenvalue weighted by Gasteiger charge is 2.36. The average Bonchev–Trinajstić information content (AvgIpc) is 2.95. The Morgan fingerprint density at radius 2 is 2.18 bits per heavy atom. The van der Waals surface area contributed by atoms with Crippen LogP contribution < -0.4 is 0 Å². The minimum Gasteiger partial charge on any atom is -0.469 e. The molecule has 5 heteroatoms. The molecule has 0 bridgehead atoms. The van der Waals surface area contributed by atoms with Gasteiger partial charge < -0.3 is 4.74 Å². The fourth-order valence-corrected chi connectivity index (χ4v) is 2.67. The fourth-order valence-electron chi connectivity index (χ4n) is 2.67. The maximum Gasteiger partial charge on any atom is 0.308 e. The van der Waals surface area contributed by atoms with E-state index < -0.39 is 0 Å². The fraction of sp³-hybridized carbons (Fsp3) is 0.353. The zero-order chi connectivity index (χ0) is 15.7. The van der Waals surface area contributed by atoms with E-state index in [1.165, 1.54) is 7.11 Å². The molecule has 1 aliphatic carbocycles. The third kappa shape index (κ3) is 2.66. The smallest absolute Gasteiger partial charge is 0.308 e. The van der Waals surface area contributed by atoms with Gasteiger partial charge in [0.05, 0.1) is 36.7 Å². The molecule has 5 nitrogen and oxygen atoms in total. The molecule has 22 heavy (non-hydrogen) atoms. The summed E-state index contributed by atoms with van der Waals surface area (Å²) in [6.45, 7) is 5.86. The molecule has 0 saturated heterocycles. The highest BCUT2D eigenvalue weighted by molar-refractivity contribution is 5.73. The standard InChI is InChI=1S/C17H19N3O2/c1-11(2)15-5-4-6-16(19-15)13-9-18-20(10-13)14-7-12(8-14)17(21)22-3/h4-6,9-10,12,14H,1,7-8H2,2-3H3. The van der Waals surface area contributed by atoms with Gasteiger partial charge in [-0.25, -0.2) is 4.98 Å². The molecule has 0 aliphatic heterocycles. The number of hydrogen-bond donors (Lipinski definition) is 0. The van der Waals surface area contributed by atoms with E-state index in [1.807, 2.05) is 42.2 Å². The highest BCUT2D eigenvalue weighted by atomic mass is 16.5. The molecule has 3 rings (SSSR count). The number of esters is 1. The lowest BCUT2D eigenvalue weighted by Gasteiger charge is -2.33. The number of carbonyl (C=O) groups is 1. The van der Waals surface area contributed by atoms with Crippen molar-refractivity contribution in [2.45, 2.75) is 25.8 Å². The summed E-state index contributed by atoms with van der Waals surface area (Å²) in [6, 6.07) is 6.15. The maximum absolute atomic E-state index is 11.4. The molecular weight excluding hydrogens is 278 g/mol. The van der Waals surface area contributed by atoms with E-state index in [9.17, 15) is 4.79 Å². The summed E-state index contributed by atoms with van der Waals surface area (Å²) in [4.78, 5) is 16.0. The van der Waals surface area contributed by atoms with Crippen LogP contribution in [0.3, 0.4) is 0 Å². The largest absolute Gasteiger partial charge is 0.469 e. The van der Waals surface area contributed by atoms with Crippen LogP contribution in [0, 0.1) is 5.92 Å². The lowest BCUT2D eigenvalue weighted by molar-refractivity contribution is -0.149. The van der Waals surface area contributed by atoms with E-state index in [2.05, 4.69) is 16.7 Å². The second-order valence-corrected chi connectivity index (χ2v) is 5.74. The molecule has 2 aromatic rings. The van der Waals surface area contributed by atoms with Crippen molar-refractivity contribution in [3.8, 4) is 11.3 Å². The predicted molar refractivity (Wildman–Crippen MR) is 83.9 cm³/mol. The van der Waals surface area contributed by atoms with Crippen LogP contribution in [0.15, 0.2) is 37.2 Å². The van der Waals surface area contributed by atoms with Gasteiger partial charge in [0, 0.05) is 11.8 Å². The molecule has 0 aromatic carbocycles. The lowest BCUT2D eigenvalue weighted by atomic mass is 9.80. The van der Waals surface area contributed by atoms with Crippen molar-refractivity contribution in [2.24, 2.45) is 5.92 Å². The Hall–Kier alpha value is -2.43. The Morgan fingerprint density at radius 3 is 2.86 bits per heavy atom. The van der Waals surface area contributed by atoms with Crippen molar-refractivity contribution in [3.63, 3.8) is 0 Å². The SMILES string of the molecule is C=C(C)c1cccc(-c2cnn(C3CC(C(=O)OC)C3)c2)n1. The monoisotopic (exact) mass is 297 g/mol. The molecule has 0 unspecified atom stereocenters. The molecule has 0 atom stereocenters. The van der Waals surface area contributed by atoms with Crippen LogP contribution in [0.1, 0.15) is 31.5 Å². The number of hydrogen-bond acceptors (Lipinski definition) is 4. The van der Waals surface area contributed by atoms with Gasteiger partial charge in [0.2, 0.25) is 0 Å². The number of methoxy groups -OCH3 is 1. The van der Waals surface area contributed by atoms with Crippen LogP contribution >= 0.6 is 0 Å². The van der Waals surface area contributed by atoms with Crippen LogP contribution in [0.4, 0.5) is 0 Å². The quantitative estimate of drug-likeness (QED) is 0.814. The number of nitrogens with zero attached hydrogens (tertiary/aromatic N) is 3. The number of aromatic nitrogens is 3. The van der Waals surface area contributed by atoms with Gasteiger partial charge in [-0.2, -0.15) is 5.10 Å². The predicted octanol–water partition coefficient (Wildman–Crippen LogP) is 3.10. The van der Waals surface area contributed by atoms with Gasteiger partial charge in [0.1, 0.15) is 0 Å². The van der Waals surface area contributed by atoms with Gasteiger partial charge >= 0.3 is 5.97 Å². The Morgan fingerprint density at radius 1 is 1.41 bits per heavy atom. The van der Waals surface area contributed by atoms with Crippen molar-refractivity contribution in [1.82, 2.24) is 14.8 Å². The van der Waals surface area contributed by atoms with Crippen LogP contribution in [0.5, 0.6) is 0 Å². The van der Waals surface area contributed by atoms with E-state index in [4.69, 9.17) is 4.74 Å². The zero-order valence-electron chi connectivity index (χ0n) is 12.8. The third-order valence-electron chi connectivity index (χ3n) is 4.11. The molecule has 2 heterocycles. The van der Waals surface area contributed by atoms with E-state index >= 15 is 0 Å². The molecule has 0 N–H and O–H groups in total. The van der Waals surface area contributed by atoms with Crippen molar-refractivity contribution in [1.29, 1.82) is 0 Å². The summed E-state index contributed by atoms with van der Waals surface area (Å²) in [6.07, 6.45) is 5.37. The Balaban J connectivity index is 1.74. The molecule has 1 aliphatic rings. The van der Waals surface area contributed by atoms with Gasteiger partial charge in [-0.15, -0.1) is 0 Å². The summed E-state index contributed by atoms with van der Waals surface area (Å²) in [5.41, 5.74) is 3.69. The van der Waals surface area contributed by atoms with E-state index in [-0.39, 0.29) is 17.9 Å². The van der Waals surface area contributed by atoms with Gasteiger partial charge in [0.25, 0.3) is 0 Å². The molecule has 0 amide bonds. The summed E-state index contributed by atoms with van der Waals surface area (Å²) < 4.78 is 6.68. The highest BCUT2D eigenvalue weighted by Crippen LogP contribution is 2.38. The summed E-state index contributed by atoms with van der Waals surface area (Å²) >= 11 is 0. The number of pyridine rings is 1. The first kappa shape index (κ1) is 14.5. The molecule has 2 aromatic heterocycles. The van der Waals surface area contributed by atoms with Gasteiger partial charge in [-0.05, 0) is 37.5 Å². The molecule has 1 fully saturated rings. The number of rotatable bonds is 4. The topological polar surface area (TPSA) is 57.0 Å². The first-order chi connectivity index (χ1) is 10.6. The summed E-state index contributed by atoms with van der Waals surface area (Å²) in [5.74, 6) is -0.119. The van der Waals surface area contributed by atoms with E-state index in [1.54, 1.807) is 0 Å². The second kappa shape index (κ2) is 5.75. The minimum atomic E-state index is -0.126. The minimum absolute atomic E-state index is 0.00696. The summed E-state index contributed by atoms with van der Waals surface area (Å²) in [7, 11) is 1.43. The Kier molecular flexibility index (Phi) is 3.79. The Bertz CT molecular complexity index is 714. The maximum atomic E-state index is 11.4. The number of carbonyl (C=O) groups excluding carboxylic acids is 1. The molecule has 0 radical (unpaired) electrons.